The van der Waals surface area contributed by atoms with Gasteiger partial charge < -0.3 is 10.6 Å². The lowest BCUT2D eigenvalue weighted by molar-refractivity contribution is 0.102. The number of hydrogen-bond donors (Lipinski definition) is 2. The summed E-state index contributed by atoms with van der Waals surface area (Å²) in [5.41, 5.74) is 0.634. The molecule has 1 amide bonds. The van der Waals surface area contributed by atoms with E-state index in [9.17, 15) is 9.18 Å². The first-order valence-electron chi connectivity index (χ1n) is 6.92. The molecular weight excluding hydrogens is 309 g/mol. The Hall–Kier alpha value is -1.99. The van der Waals surface area contributed by atoms with Crippen LogP contribution in [0.4, 0.5) is 10.1 Å². The molecule has 6 nitrogen and oxygen atoms in total. The largest absolute Gasteiger partial charge is 0.320 e. The van der Waals surface area contributed by atoms with Crippen LogP contribution in [0.25, 0.3) is 0 Å². The van der Waals surface area contributed by atoms with Gasteiger partial charge in [-0.2, -0.15) is 0 Å². The van der Waals surface area contributed by atoms with Gasteiger partial charge in [-0.1, -0.05) is 11.3 Å². The van der Waals surface area contributed by atoms with Crippen molar-refractivity contribution in [3.8, 4) is 0 Å². The number of benzene rings is 1. The Bertz CT molecular complexity index is 642. The van der Waals surface area contributed by atoms with Crippen molar-refractivity contribution in [1.82, 2.24) is 20.3 Å². The quantitative estimate of drug-likeness (QED) is 0.905. The first-order valence-corrected chi connectivity index (χ1v) is 6.92. The topological polar surface area (TPSA) is 71.8 Å². The summed E-state index contributed by atoms with van der Waals surface area (Å²) in [6.07, 6.45) is 3.58. The molecule has 0 aliphatic carbocycles. The highest BCUT2D eigenvalue weighted by Gasteiger charge is 2.18. The highest BCUT2D eigenvalue weighted by atomic mass is 35.5. The molecule has 8 heteroatoms. The molecule has 118 valence electrons. The summed E-state index contributed by atoms with van der Waals surface area (Å²) in [6, 6.07) is 6.02. The lowest BCUT2D eigenvalue weighted by Crippen LogP contribution is -2.29. The smallest absolute Gasteiger partial charge is 0.277 e. The lowest BCUT2D eigenvalue weighted by Gasteiger charge is -2.22. The number of piperidine rings is 1. The van der Waals surface area contributed by atoms with Crippen LogP contribution in [0.15, 0.2) is 30.5 Å². The average molecular weight is 326 g/mol. The van der Waals surface area contributed by atoms with E-state index in [-0.39, 0.29) is 30.0 Å². The monoisotopic (exact) mass is 325 g/mol. The van der Waals surface area contributed by atoms with E-state index in [1.807, 2.05) is 0 Å². The summed E-state index contributed by atoms with van der Waals surface area (Å²) in [7, 11) is 0. The molecule has 1 fully saturated rings. The predicted octanol–water partition coefficient (Wildman–Crippen LogP) is 2.02. The molecule has 0 spiro atoms. The third-order valence-corrected chi connectivity index (χ3v) is 3.51. The van der Waals surface area contributed by atoms with Gasteiger partial charge in [0.2, 0.25) is 0 Å². The summed E-state index contributed by atoms with van der Waals surface area (Å²) >= 11 is 0. The Morgan fingerprint density at radius 1 is 1.36 bits per heavy atom. The van der Waals surface area contributed by atoms with E-state index in [1.54, 1.807) is 16.9 Å². The number of nitrogens with one attached hydrogen (secondary N) is 2. The fourth-order valence-corrected chi connectivity index (χ4v) is 2.39. The highest BCUT2D eigenvalue weighted by molar-refractivity contribution is 6.02. The molecule has 1 aromatic carbocycles. The number of halogens is 2. The van der Waals surface area contributed by atoms with Gasteiger partial charge in [0.25, 0.3) is 5.91 Å². The van der Waals surface area contributed by atoms with Crippen molar-refractivity contribution >= 4 is 24.0 Å². The van der Waals surface area contributed by atoms with E-state index in [0.717, 1.165) is 25.9 Å². The summed E-state index contributed by atoms with van der Waals surface area (Å²) in [4.78, 5) is 12.1. The van der Waals surface area contributed by atoms with E-state index in [2.05, 4.69) is 20.9 Å². The molecular formula is C14H17ClFN5O. The van der Waals surface area contributed by atoms with E-state index >= 15 is 0 Å². The molecule has 2 aromatic rings. The van der Waals surface area contributed by atoms with E-state index < -0.39 is 5.82 Å². The van der Waals surface area contributed by atoms with E-state index in [0.29, 0.717) is 5.69 Å². The number of amides is 1. The van der Waals surface area contributed by atoms with Gasteiger partial charge in [0.05, 0.1) is 12.2 Å². The van der Waals surface area contributed by atoms with Crippen molar-refractivity contribution in [1.29, 1.82) is 0 Å². The predicted molar refractivity (Wildman–Crippen MR) is 82.8 cm³/mol. The van der Waals surface area contributed by atoms with Crippen LogP contribution in [0.1, 0.15) is 29.4 Å². The standard InChI is InChI=1S/C14H16FN5O.ClH/c15-10-2-1-3-11(8-10)17-14(21)13-9-20(19-18-13)12-4-6-16-7-5-12;/h1-3,8-9,12,16H,4-7H2,(H,17,21);1H. The first kappa shape index (κ1) is 16.4. The molecule has 0 bridgehead atoms. The van der Waals surface area contributed by atoms with E-state index in [1.165, 1.54) is 18.2 Å². The molecule has 0 unspecified atom stereocenters. The summed E-state index contributed by atoms with van der Waals surface area (Å²) < 4.78 is 14.8. The van der Waals surface area contributed by atoms with Crippen molar-refractivity contribution in [2.75, 3.05) is 18.4 Å². The minimum absolute atomic E-state index is 0. The van der Waals surface area contributed by atoms with Crippen molar-refractivity contribution in [2.24, 2.45) is 0 Å². The van der Waals surface area contributed by atoms with Crippen molar-refractivity contribution < 1.29 is 9.18 Å². The average Bonchev–Trinajstić information content (AvgIpc) is 2.98. The summed E-state index contributed by atoms with van der Waals surface area (Å²) in [5, 5.41) is 13.8. The Morgan fingerprint density at radius 2 is 2.14 bits per heavy atom. The van der Waals surface area contributed by atoms with Crippen molar-refractivity contribution in [2.45, 2.75) is 18.9 Å². The van der Waals surface area contributed by atoms with Gasteiger partial charge in [0, 0.05) is 5.69 Å². The zero-order chi connectivity index (χ0) is 14.7. The van der Waals surface area contributed by atoms with Crippen LogP contribution in [0.3, 0.4) is 0 Å². The summed E-state index contributed by atoms with van der Waals surface area (Å²) in [5.74, 6) is -0.785. The third kappa shape index (κ3) is 3.80. The Kier molecular flexibility index (Phi) is 5.46. The molecule has 2 heterocycles. The minimum Gasteiger partial charge on any atom is -0.320 e. The third-order valence-electron chi connectivity index (χ3n) is 3.51. The zero-order valence-electron chi connectivity index (χ0n) is 11.8. The normalized spacial score (nSPS) is 15.1. The second kappa shape index (κ2) is 7.33. The molecule has 1 aliphatic heterocycles. The number of carbonyl (C=O) groups is 1. The summed E-state index contributed by atoms with van der Waals surface area (Å²) in [6.45, 7) is 1.88. The number of hydrogen-bond acceptors (Lipinski definition) is 4. The minimum atomic E-state index is -0.397. The number of aromatic nitrogens is 3. The number of nitrogens with zero attached hydrogens (tertiary/aromatic N) is 3. The Morgan fingerprint density at radius 3 is 2.86 bits per heavy atom. The van der Waals surface area contributed by atoms with Gasteiger partial charge in [-0.25, -0.2) is 9.07 Å². The maximum atomic E-state index is 13.1. The van der Waals surface area contributed by atoms with Crippen LogP contribution in [0, 0.1) is 5.82 Å². The molecule has 2 N–H and O–H groups in total. The van der Waals surface area contributed by atoms with E-state index in [4.69, 9.17) is 0 Å². The van der Waals surface area contributed by atoms with Gasteiger partial charge in [-0.15, -0.1) is 17.5 Å². The molecule has 1 aromatic heterocycles. The van der Waals surface area contributed by atoms with Crippen molar-refractivity contribution in [3.63, 3.8) is 0 Å². The van der Waals surface area contributed by atoms with Crippen LogP contribution in [-0.2, 0) is 0 Å². The fourth-order valence-electron chi connectivity index (χ4n) is 2.39. The van der Waals surface area contributed by atoms with Gasteiger partial charge in [-0.3, -0.25) is 4.79 Å². The Labute approximate surface area is 133 Å². The number of carbonyl (C=O) groups excluding carboxylic acids is 1. The van der Waals surface area contributed by atoms with Gasteiger partial charge in [-0.05, 0) is 44.1 Å². The number of anilines is 1. The second-order valence-corrected chi connectivity index (χ2v) is 5.03. The molecule has 1 saturated heterocycles. The zero-order valence-corrected chi connectivity index (χ0v) is 12.6. The maximum absolute atomic E-state index is 13.1. The van der Waals surface area contributed by atoms with Crippen LogP contribution in [0.5, 0.6) is 0 Å². The van der Waals surface area contributed by atoms with Crippen LogP contribution in [0.2, 0.25) is 0 Å². The van der Waals surface area contributed by atoms with Gasteiger partial charge >= 0.3 is 0 Å². The van der Waals surface area contributed by atoms with Crippen molar-refractivity contribution in [3.05, 3.63) is 42.0 Å². The molecule has 3 rings (SSSR count). The second-order valence-electron chi connectivity index (χ2n) is 5.03. The molecule has 0 saturated carbocycles. The maximum Gasteiger partial charge on any atom is 0.277 e. The Balaban J connectivity index is 0.00000176. The van der Waals surface area contributed by atoms with Gasteiger partial charge in [0.1, 0.15) is 5.82 Å². The first-order chi connectivity index (χ1) is 10.2. The fraction of sp³-hybridized carbons (Fsp3) is 0.357. The lowest BCUT2D eigenvalue weighted by atomic mass is 10.1. The van der Waals surface area contributed by atoms with Crippen LogP contribution < -0.4 is 10.6 Å². The molecule has 22 heavy (non-hydrogen) atoms. The highest BCUT2D eigenvalue weighted by Crippen LogP contribution is 2.17. The number of rotatable bonds is 3. The van der Waals surface area contributed by atoms with Crippen LogP contribution in [-0.4, -0.2) is 34.0 Å². The van der Waals surface area contributed by atoms with Crippen LogP contribution >= 0.6 is 12.4 Å². The molecule has 0 atom stereocenters. The SMILES string of the molecule is Cl.O=C(Nc1cccc(F)c1)c1cn(C2CCNCC2)nn1. The molecule has 1 aliphatic rings. The molecule has 0 radical (unpaired) electrons. The van der Waals surface area contributed by atoms with Gasteiger partial charge in [0.15, 0.2) is 5.69 Å².